The first kappa shape index (κ1) is 12.9. The van der Waals surface area contributed by atoms with E-state index in [2.05, 4.69) is 15.9 Å². The molecule has 94 valence electrons. The van der Waals surface area contributed by atoms with Gasteiger partial charge in [0.2, 0.25) is 0 Å². The maximum absolute atomic E-state index is 10.1. The molecule has 2 unspecified atom stereocenters. The van der Waals surface area contributed by atoms with Crippen molar-refractivity contribution in [3.05, 3.63) is 28.2 Å². The second kappa shape index (κ2) is 5.85. The summed E-state index contributed by atoms with van der Waals surface area (Å²) in [5.41, 5.74) is 7.31. The second-order valence-electron chi connectivity index (χ2n) is 4.50. The van der Waals surface area contributed by atoms with Crippen molar-refractivity contribution in [2.45, 2.75) is 37.9 Å². The molecule has 3 nitrogen and oxygen atoms in total. The van der Waals surface area contributed by atoms with E-state index in [0.717, 1.165) is 35.9 Å². The summed E-state index contributed by atoms with van der Waals surface area (Å²) in [6.07, 6.45) is 3.66. The Morgan fingerprint density at radius 3 is 3.06 bits per heavy atom. The fourth-order valence-corrected chi connectivity index (χ4v) is 2.58. The molecule has 0 saturated carbocycles. The zero-order valence-corrected chi connectivity index (χ0v) is 11.3. The van der Waals surface area contributed by atoms with Gasteiger partial charge in [-0.25, -0.2) is 0 Å². The SMILES string of the molecule is Nc1ccc(Br)cc1C(O)CCC1CCCO1. The van der Waals surface area contributed by atoms with Gasteiger partial charge >= 0.3 is 0 Å². The Morgan fingerprint density at radius 1 is 1.53 bits per heavy atom. The third-order valence-electron chi connectivity index (χ3n) is 3.19. The van der Waals surface area contributed by atoms with Gasteiger partial charge in [-0.3, -0.25) is 0 Å². The number of ether oxygens (including phenoxy) is 1. The molecule has 1 heterocycles. The molecule has 0 amide bonds. The van der Waals surface area contributed by atoms with Crippen molar-refractivity contribution in [2.75, 3.05) is 12.3 Å². The Morgan fingerprint density at radius 2 is 2.35 bits per heavy atom. The minimum Gasteiger partial charge on any atom is -0.398 e. The van der Waals surface area contributed by atoms with Crippen LogP contribution in [0.5, 0.6) is 0 Å². The minimum absolute atomic E-state index is 0.318. The third-order valence-corrected chi connectivity index (χ3v) is 3.69. The Balaban J connectivity index is 1.93. The zero-order chi connectivity index (χ0) is 12.3. The van der Waals surface area contributed by atoms with E-state index in [-0.39, 0.29) is 0 Å². The molecular formula is C13H18BrNO2. The number of benzene rings is 1. The van der Waals surface area contributed by atoms with Crippen molar-refractivity contribution in [3.8, 4) is 0 Å². The largest absolute Gasteiger partial charge is 0.398 e. The summed E-state index contributed by atoms with van der Waals surface area (Å²) in [5.74, 6) is 0. The predicted molar refractivity (Wildman–Crippen MR) is 71.7 cm³/mol. The molecule has 0 aliphatic carbocycles. The van der Waals surface area contributed by atoms with Crippen LogP contribution in [0.25, 0.3) is 0 Å². The molecule has 0 aromatic heterocycles. The van der Waals surface area contributed by atoms with Crippen LogP contribution in [-0.4, -0.2) is 17.8 Å². The van der Waals surface area contributed by atoms with Crippen molar-refractivity contribution >= 4 is 21.6 Å². The number of nitrogen functional groups attached to an aromatic ring is 1. The molecule has 0 spiro atoms. The number of aliphatic hydroxyl groups excluding tert-OH is 1. The lowest BCUT2D eigenvalue weighted by molar-refractivity contribution is 0.0814. The van der Waals surface area contributed by atoms with Gasteiger partial charge in [-0.1, -0.05) is 15.9 Å². The maximum atomic E-state index is 10.1. The quantitative estimate of drug-likeness (QED) is 0.840. The van der Waals surface area contributed by atoms with Crippen molar-refractivity contribution in [2.24, 2.45) is 0 Å². The van der Waals surface area contributed by atoms with Gasteiger partial charge in [0.25, 0.3) is 0 Å². The summed E-state index contributed by atoms with van der Waals surface area (Å²) in [5, 5.41) is 10.1. The molecule has 3 N–H and O–H groups in total. The van der Waals surface area contributed by atoms with Gasteiger partial charge in [-0.05, 0) is 43.9 Å². The zero-order valence-electron chi connectivity index (χ0n) is 9.73. The molecule has 1 saturated heterocycles. The van der Waals surface area contributed by atoms with Crippen LogP contribution in [0.4, 0.5) is 5.69 Å². The Kier molecular flexibility index (Phi) is 4.42. The minimum atomic E-state index is -0.503. The van der Waals surface area contributed by atoms with Gasteiger partial charge in [-0.2, -0.15) is 0 Å². The van der Waals surface area contributed by atoms with Crippen LogP contribution in [0.15, 0.2) is 22.7 Å². The van der Waals surface area contributed by atoms with Crippen LogP contribution in [0.1, 0.15) is 37.4 Å². The van der Waals surface area contributed by atoms with Gasteiger partial charge < -0.3 is 15.6 Å². The molecule has 1 aromatic carbocycles. The highest BCUT2D eigenvalue weighted by molar-refractivity contribution is 9.10. The summed E-state index contributed by atoms with van der Waals surface area (Å²) in [6, 6.07) is 5.58. The molecule has 1 aliphatic rings. The molecule has 1 aromatic rings. The van der Waals surface area contributed by atoms with E-state index in [4.69, 9.17) is 10.5 Å². The lowest BCUT2D eigenvalue weighted by Crippen LogP contribution is -2.09. The van der Waals surface area contributed by atoms with Gasteiger partial charge in [0.05, 0.1) is 12.2 Å². The fourth-order valence-electron chi connectivity index (χ4n) is 2.21. The Hall–Kier alpha value is -0.580. The predicted octanol–water partition coefficient (Wildman–Crippen LogP) is 3.02. The van der Waals surface area contributed by atoms with E-state index >= 15 is 0 Å². The first-order chi connectivity index (χ1) is 8.16. The highest BCUT2D eigenvalue weighted by Gasteiger charge is 2.18. The maximum Gasteiger partial charge on any atom is 0.0811 e. The van der Waals surface area contributed by atoms with E-state index in [1.54, 1.807) is 0 Å². The molecule has 4 heteroatoms. The highest BCUT2D eigenvalue weighted by atomic mass is 79.9. The summed E-state index contributed by atoms with van der Waals surface area (Å²) in [6.45, 7) is 0.861. The van der Waals surface area contributed by atoms with E-state index < -0.39 is 6.10 Å². The van der Waals surface area contributed by atoms with Crippen molar-refractivity contribution in [1.82, 2.24) is 0 Å². The van der Waals surface area contributed by atoms with Crippen LogP contribution in [0, 0.1) is 0 Å². The van der Waals surface area contributed by atoms with Crippen LogP contribution in [0.2, 0.25) is 0 Å². The topological polar surface area (TPSA) is 55.5 Å². The number of hydrogen-bond acceptors (Lipinski definition) is 3. The number of nitrogens with two attached hydrogens (primary N) is 1. The number of halogens is 1. The molecule has 2 atom stereocenters. The van der Waals surface area contributed by atoms with Crippen LogP contribution < -0.4 is 5.73 Å². The highest BCUT2D eigenvalue weighted by Crippen LogP contribution is 2.29. The summed E-state index contributed by atoms with van der Waals surface area (Å²) in [4.78, 5) is 0. The van der Waals surface area contributed by atoms with Crippen molar-refractivity contribution in [3.63, 3.8) is 0 Å². The Bertz CT molecular complexity index is 378. The van der Waals surface area contributed by atoms with E-state index in [0.29, 0.717) is 18.2 Å². The molecular weight excluding hydrogens is 282 g/mol. The molecule has 0 radical (unpaired) electrons. The molecule has 0 bridgehead atoms. The molecule has 17 heavy (non-hydrogen) atoms. The normalized spacial score (nSPS) is 21.6. The first-order valence-electron chi connectivity index (χ1n) is 6.01. The molecule has 1 fully saturated rings. The second-order valence-corrected chi connectivity index (χ2v) is 5.42. The van der Waals surface area contributed by atoms with E-state index in [9.17, 15) is 5.11 Å². The lowest BCUT2D eigenvalue weighted by atomic mass is 10.0. The van der Waals surface area contributed by atoms with Gasteiger partial charge in [0.1, 0.15) is 0 Å². The first-order valence-corrected chi connectivity index (χ1v) is 6.80. The molecule has 1 aliphatic heterocycles. The van der Waals surface area contributed by atoms with Crippen LogP contribution in [-0.2, 0) is 4.74 Å². The van der Waals surface area contributed by atoms with Crippen LogP contribution >= 0.6 is 15.9 Å². The summed E-state index contributed by atoms with van der Waals surface area (Å²) in [7, 11) is 0. The summed E-state index contributed by atoms with van der Waals surface area (Å²) < 4.78 is 6.48. The average molecular weight is 300 g/mol. The van der Waals surface area contributed by atoms with E-state index in [1.807, 2.05) is 18.2 Å². The number of hydrogen-bond donors (Lipinski definition) is 2. The standard InChI is InChI=1S/C13H18BrNO2/c14-9-3-5-12(15)11(8-9)13(16)6-4-10-2-1-7-17-10/h3,5,8,10,13,16H,1-2,4,6-7,15H2. The molecule has 2 rings (SSSR count). The lowest BCUT2D eigenvalue weighted by Gasteiger charge is -2.16. The summed E-state index contributed by atoms with van der Waals surface area (Å²) >= 11 is 3.39. The van der Waals surface area contributed by atoms with E-state index in [1.165, 1.54) is 0 Å². The average Bonchev–Trinajstić information content (AvgIpc) is 2.82. The number of anilines is 1. The fraction of sp³-hybridized carbons (Fsp3) is 0.538. The van der Waals surface area contributed by atoms with Gasteiger partial charge in [-0.15, -0.1) is 0 Å². The third kappa shape index (κ3) is 3.44. The number of aliphatic hydroxyl groups is 1. The van der Waals surface area contributed by atoms with Crippen LogP contribution in [0.3, 0.4) is 0 Å². The van der Waals surface area contributed by atoms with Crippen molar-refractivity contribution < 1.29 is 9.84 Å². The van der Waals surface area contributed by atoms with Gasteiger partial charge in [0, 0.05) is 22.3 Å². The number of rotatable bonds is 4. The smallest absolute Gasteiger partial charge is 0.0811 e. The Labute approximate surface area is 110 Å². The van der Waals surface area contributed by atoms with Crippen molar-refractivity contribution in [1.29, 1.82) is 0 Å². The van der Waals surface area contributed by atoms with Gasteiger partial charge in [0.15, 0.2) is 0 Å². The monoisotopic (exact) mass is 299 g/mol.